The summed E-state index contributed by atoms with van der Waals surface area (Å²) >= 11 is 0. The van der Waals surface area contributed by atoms with Gasteiger partial charge in [-0.3, -0.25) is 0 Å². The van der Waals surface area contributed by atoms with Gasteiger partial charge in [-0.2, -0.15) is 0 Å². The first-order valence-electron chi connectivity index (χ1n) is 6.62. The number of urea groups is 1. The van der Waals surface area contributed by atoms with Crippen molar-refractivity contribution in [3.05, 3.63) is 65.7 Å². The molecule has 0 saturated carbocycles. The lowest BCUT2D eigenvalue weighted by Gasteiger charge is -2.11. The number of benzene rings is 2. The second-order valence-corrected chi connectivity index (χ2v) is 4.75. The third-order valence-corrected chi connectivity index (χ3v) is 3.30. The van der Waals surface area contributed by atoms with Crippen molar-refractivity contribution in [3.8, 4) is 5.75 Å². The highest BCUT2D eigenvalue weighted by molar-refractivity contribution is 5.76. The first-order chi connectivity index (χ1) is 9.81. The summed E-state index contributed by atoms with van der Waals surface area (Å²) in [5.74, 6) is 0.829. The molecule has 1 aliphatic rings. The van der Waals surface area contributed by atoms with E-state index in [-0.39, 0.29) is 12.1 Å². The third kappa shape index (κ3) is 2.91. The number of hydrogen-bond donors (Lipinski definition) is 2. The van der Waals surface area contributed by atoms with E-state index >= 15 is 0 Å². The lowest BCUT2D eigenvalue weighted by molar-refractivity contribution is 0.247. The van der Waals surface area contributed by atoms with Gasteiger partial charge in [-0.15, -0.1) is 0 Å². The average molecular weight is 268 g/mol. The van der Waals surface area contributed by atoms with Gasteiger partial charge in [0.15, 0.2) is 0 Å². The summed E-state index contributed by atoms with van der Waals surface area (Å²) in [6.07, 6.45) is 0. The molecule has 2 aromatic carbocycles. The Kier molecular flexibility index (Phi) is 3.54. The minimum absolute atomic E-state index is 0.0469. The monoisotopic (exact) mass is 268 g/mol. The largest absolute Gasteiger partial charge is 0.489 e. The first kappa shape index (κ1) is 12.5. The highest BCUT2D eigenvalue weighted by Gasteiger charge is 2.21. The number of amides is 2. The fourth-order valence-electron chi connectivity index (χ4n) is 2.19. The maximum absolute atomic E-state index is 11.1. The molecule has 20 heavy (non-hydrogen) atoms. The summed E-state index contributed by atoms with van der Waals surface area (Å²) < 4.78 is 5.73. The molecule has 1 aliphatic heterocycles. The van der Waals surface area contributed by atoms with Crippen LogP contribution in [0.2, 0.25) is 0 Å². The summed E-state index contributed by atoms with van der Waals surface area (Å²) in [5, 5.41) is 5.60. The molecule has 1 atom stereocenters. The zero-order valence-corrected chi connectivity index (χ0v) is 11.0. The van der Waals surface area contributed by atoms with Gasteiger partial charge in [0.1, 0.15) is 12.4 Å². The molecule has 0 aromatic heterocycles. The molecule has 1 saturated heterocycles. The lowest BCUT2D eigenvalue weighted by atomic mass is 10.1. The zero-order chi connectivity index (χ0) is 13.8. The van der Waals surface area contributed by atoms with Gasteiger partial charge >= 0.3 is 6.03 Å². The molecule has 2 amide bonds. The zero-order valence-electron chi connectivity index (χ0n) is 11.0. The summed E-state index contributed by atoms with van der Waals surface area (Å²) in [4.78, 5) is 11.1. The Morgan fingerprint density at radius 2 is 1.80 bits per heavy atom. The van der Waals surface area contributed by atoms with E-state index in [1.807, 2.05) is 54.6 Å². The molecule has 1 heterocycles. The molecule has 1 fully saturated rings. The smallest absolute Gasteiger partial charge is 0.315 e. The number of ether oxygens (including phenoxy) is 1. The highest BCUT2D eigenvalue weighted by Crippen LogP contribution is 2.20. The third-order valence-electron chi connectivity index (χ3n) is 3.30. The minimum atomic E-state index is -0.112. The normalized spacial score (nSPS) is 17.4. The Balaban J connectivity index is 1.60. The SMILES string of the molecule is O=C1NC[C@H](c2ccc(OCc3ccccc3)cc2)N1. The van der Waals surface area contributed by atoms with Gasteiger partial charge in [0.25, 0.3) is 0 Å². The van der Waals surface area contributed by atoms with Crippen molar-refractivity contribution < 1.29 is 9.53 Å². The van der Waals surface area contributed by atoms with Crippen LogP contribution in [0, 0.1) is 0 Å². The van der Waals surface area contributed by atoms with Crippen LogP contribution in [0.25, 0.3) is 0 Å². The van der Waals surface area contributed by atoms with Gasteiger partial charge in [-0.25, -0.2) is 4.79 Å². The van der Waals surface area contributed by atoms with Crippen molar-refractivity contribution in [2.75, 3.05) is 6.54 Å². The quantitative estimate of drug-likeness (QED) is 0.895. The van der Waals surface area contributed by atoms with Gasteiger partial charge in [-0.05, 0) is 23.3 Å². The van der Waals surface area contributed by atoms with Crippen LogP contribution in [-0.4, -0.2) is 12.6 Å². The fraction of sp³-hybridized carbons (Fsp3) is 0.188. The van der Waals surface area contributed by atoms with E-state index in [0.29, 0.717) is 13.2 Å². The highest BCUT2D eigenvalue weighted by atomic mass is 16.5. The Morgan fingerprint density at radius 3 is 2.45 bits per heavy atom. The van der Waals surface area contributed by atoms with Crippen molar-refractivity contribution in [3.63, 3.8) is 0 Å². The molecule has 0 spiro atoms. The lowest BCUT2D eigenvalue weighted by Crippen LogP contribution is -2.21. The minimum Gasteiger partial charge on any atom is -0.489 e. The molecule has 3 rings (SSSR count). The van der Waals surface area contributed by atoms with E-state index in [4.69, 9.17) is 4.74 Å². The maximum atomic E-state index is 11.1. The van der Waals surface area contributed by atoms with Crippen molar-refractivity contribution in [2.24, 2.45) is 0 Å². The Bertz CT molecular complexity index is 581. The molecule has 0 aliphatic carbocycles. The van der Waals surface area contributed by atoms with E-state index in [0.717, 1.165) is 16.9 Å². The molecule has 0 unspecified atom stereocenters. The number of carbonyl (C=O) groups is 1. The number of hydrogen-bond acceptors (Lipinski definition) is 2. The molecule has 4 heteroatoms. The second-order valence-electron chi connectivity index (χ2n) is 4.75. The van der Waals surface area contributed by atoms with Crippen LogP contribution < -0.4 is 15.4 Å². The number of rotatable bonds is 4. The van der Waals surface area contributed by atoms with E-state index in [1.54, 1.807) is 0 Å². The Hall–Kier alpha value is -2.49. The Morgan fingerprint density at radius 1 is 1.05 bits per heavy atom. The first-order valence-corrected chi connectivity index (χ1v) is 6.62. The van der Waals surface area contributed by atoms with E-state index in [2.05, 4.69) is 10.6 Å². The van der Waals surface area contributed by atoms with Crippen molar-refractivity contribution in [1.29, 1.82) is 0 Å². The van der Waals surface area contributed by atoms with Crippen LogP contribution in [0.3, 0.4) is 0 Å². The van der Waals surface area contributed by atoms with Crippen LogP contribution in [-0.2, 0) is 6.61 Å². The molecule has 2 aromatic rings. The molecule has 0 bridgehead atoms. The van der Waals surface area contributed by atoms with Crippen LogP contribution in [0.1, 0.15) is 17.2 Å². The summed E-state index contributed by atoms with van der Waals surface area (Å²) in [7, 11) is 0. The maximum Gasteiger partial charge on any atom is 0.315 e. The predicted molar refractivity (Wildman–Crippen MR) is 76.5 cm³/mol. The van der Waals surface area contributed by atoms with Crippen LogP contribution in [0.4, 0.5) is 4.79 Å². The molecular weight excluding hydrogens is 252 g/mol. The second kappa shape index (κ2) is 5.65. The fourth-order valence-corrected chi connectivity index (χ4v) is 2.19. The average Bonchev–Trinajstić information content (AvgIpc) is 2.93. The van der Waals surface area contributed by atoms with Gasteiger partial charge in [0.05, 0.1) is 6.04 Å². The molecular formula is C16H16N2O2. The summed E-state index contributed by atoms with van der Waals surface area (Å²) in [5.41, 5.74) is 2.22. The number of carbonyl (C=O) groups excluding carboxylic acids is 1. The van der Waals surface area contributed by atoms with E-state index < -0.39 is 0 Å². The standard InChI is InChI=1S/C16H16N2O2/c19-16-17-10-15(18-16)13-6-8-14(9-7-13)20-11-12-4-2-1-3-5-12/h1-9,15H,10-11H2,(H2,17,18,19)/t15-/m1/s1. The number of nitrogens with one attached hydrogen (secondary N) is 2. The van der Waals surface area contributed by atoms with Crippen LogP contribution in [0.15, 0.2) is 54.6 Å². The van der Waals surface area contributed by atoms with Crippen molar-refractivity contribution >= 4 is 6.03 Å². The van der Waals surface area contributed by atoms with Gasteiger partial charge in [0, 0.05) is 6.54 Å². The molecule has 4 nitrogen and oxygen atoms in total. The van der Waals surface area contributed by atoms with Crippen LogP contribution in [0.5, 0.6) is 5.75 Å². The predicted octanol–water partition coefficient (Wildman–Crippen LogP) is 2.62. The van der Waals surface area contributed by atoms with Gasteiger partial charge in [-0.1, -0.05) is 42.5 Å². The summed E-state index contributed by atoms with van der Waals surface area (Å²) in [6.45, 7) is 1.19. The van der Waals surface area contributed by atoms with Crippen molar-refractivity contribution in [1.82, 2.24) is 10.6 Å². The Labute approximate surface area is 117 Å². The van der Waals surface area contributed by atoms with E-state index in [1.165, 1.54) is 0 Å². The molecule has 102 valence electrons. The van der Waals surface area contributed by atoms with Gasteiger partial charge in [0.2, 0.25) is 0 Å². The van der Waals surface area contributed by atoms with Crippen LogP contribution >= 0.6 is 0 Å². The van der Waals surface area contributed by atoms with Crippen molar-refractivity contribution in [2.45, 2.75) is 12.6 Å². The van der Waals surface area contributed by atoms with E-state index in [9.17, 15) is 4.79 Å². The summed E-state index contributed by atoms with van der Waals surface area (Å²) in [6, 6.07) is 17.8. The van der Waals surface area contributed by atoms with Gasteiger partial charge < -0.3 is 15.4 Å². The molecule has 0 radical (unpaired) electrons. The topological polar surface area (TPSA) is 50.4 Å². The molecule has 2 N–H and O–H groups in total.